The first-order valence-corrected chi connectivity index (χ1v) is 10.4. The number of hydrogen-bond acceptors (Lipinski definition) is 5. The number of sulfonamides is 1. The fraction of sp³-hybridized carbons (Fsp3) is 0.0526. The molecule has 0 aliphatic carbocycles. The summed E-state index contributed by atoms with van der Waals surface area (Å²) in [6.07, 6.45) is 1.72. The van der Waals surface area contributed by atoms with Crippen LogP contribution in [0.1, 0.15) is 5.69 Å². The smallest absolute Gasteiger partial charge is 0.260 e. The molecule has 0 amide bonds. The van der Waals surface area contributed by atoms with E-state index in [0.29, 0.717) is 16.3 Å². The van der Waals surface area contributed by atoms with Crippen LogP contribution in [0.3, 0.4) is 0 Å². The van der Waals surface area contributed by atoms with E-state index in [2.05, 4.69) is 9.97 Å². The van der Waals surface area contributed by atoms with E-state index in [4.69, 9.17) is 0 Å². The Kier molecular flexibility index (Phi) is 3.35. The first-order chi connectivity index (χ1) is 12.6. The zero-order chi connectivity index (χ0) is 17.7. The first kappa shape index (κ1) is 15.5. The molecule has 1 aliphatic heterocycles. The van der Waals surface area contributed by atoms with Gasteiger partial charge in [-0.3, -0.25) is 9.29 Å². The number of aromatic nitrogens is 2. The second-order valence-electron chi connectivity index (χ2n) is 6.00. The number of anilines is 1. The molecule has 26 heavy (non-hydrogen) atoms. The molecule has 4 aromatic rings. The zero-order valence-electron chi connectivity index (χ0n) is 13.5. The highest BCUT2D eigenvalue weighted by Gasteiger charge is 2.35. The lowest BCUT2D eigenvalue weighted by atomic mass is 10.1. The van der Waals surface area contributed by atoms with Gasteiger partial charge in [-0.2, -0.15) is 0 Å². The molecule has 0 fully saturated rings. The standard InChI is InChI=1S/C19H13N3O2S2/c23-26(24)17-9-4-6-13-5-3-8-16(18(13)17)22(26)11-14-12-25-19(21-14)15-7-1-2-10-20-15/h1-10,12H,11H2. The minimum absolute atomic E-state index is 0.208. The topological polar surface area (TPSA) is 63.2 Å². The van der Waals surface area contributed by atoms with E-state index in [1.165, 1.54) is 15.6 Å². The van der Waals surface area contributed by atoms with Crippen molar-refractivity contribution in [3.8, 4) is 10.7 Å². The molecular weight excluding hydrogens is 366 g/mol. The van der Waals surface area contributed by atoms with Gasteiger partial charge in [0.15, 0.2) is 0 Å². The maximum Gasteiger partial charge on any atom is 0.265 e. The van der Waals surface area contributed by atoms with Gasteiger partial charge >= 0.3 is 0 Å². The van der Waals surface area contributed by atoms with Gasteiger partial charge in [-0.25, -0.2) is 13.4 Å². The van der Waals surface area contributed by atoms with Crippen molar-refractivity contribution in [2.75, 3.05) is 4.31 Å². The van der Waals surface area contributed by atoms with Crippen LogP contribution >= 0.6 is 11.3 Å². The van der Waals surface area contributed by atoms with Crippen molar-refractivity contribution < 1.29 is 8.42 Å². The van der Waals surface area contributed by atoms with Crippen molar-refractivity contribution in [2.45, 2.75) is 11.4 Å². The van der Waals surface area contributed by atoms with E-state index >= 15 is 0 Å². The number of nitrogens with zero attached hydrogens (tertiary/aromatic N) is 3. The molecule has 2 aromatic heterocycles. The zero-order valence-corrected chi connectivity index (χ0v) is 15.2. The highest BCUT2D eigenvalue weighted by Crippen LogP contribution is 2.42. The second-order valence-corrected chi connectivity index (χ2v) is 8.69. The summed E-state index contributed by atoms with van der Waals surface area (Å²) >= 11 is 1.47. The van der Waals surface area contributed by atoms with Gasteiger partial charge in [0.2, 0.25) is 0 Å². The number of pyridine rings is 1. The van der Waals surface area contributed by atoms with Crippen molar-refractivity contribution in [3.63, 3.8) is 0 Å². The highest BCUT2D eigenvalue weighted by molar-refractivity contribution is 7.93. The van der Waals surface area contributed by atoms with Gasteiger partial charge in [-0.15, -0.1) is 11.3 Å². The molecular formula is C19H13N3O2S2. The van der Waals surface area contributed by atoms with Crippen LogP contribution in [0.2, 0.25) is 0 Å². The quantitative estimate of drug-likeness (QED) is 0.538. The average Bonchev–Trinajstić information content (AvgIpc) is 3.22. The Morgan fingerprint density at radius 3 is 2.65 bits per heavy atom. The molecule has 5 nitrogen and oxygen atoms in total. The molecule has 128 valence electrons. The molecule has 0 bridgehead atoms. The van der Waals surface area contributed by atoms with Crippen LogP contribution in [0.4, 0.5) is 5.69 Å². The van der Waals surface area contributed by atoms with E-state index in [9.17, 15) is 8.42 Å². The first-order valence-electron chi connectivity index (χ1n) is 8.05. The van der Waals surface area contributed by atoms with Gasteiger partial charge in [0, 0.05) is 17.0 Å². The third kappa shape index (κ3) is 2.24. The molecule has 7 heteroatoms. The molecule has 2 aromatic carbocycles. The minimum Gasteiger partial charge on any atom is -0.260 e. The Balaban J connectivity index is 1.56. The van der Waals surface area contributed by atoms with E-state index < -0.39 is 10.0 Å². The summed E-state index contributed by atoms with van der Waals surface area (Å²) < 4.78 is 27.5. The third-order valence-corrected chi connectivity index (χ3v) is 7.14. The predicted octanol–water partition coefficient (Wildman–Crippen LogP) is 4.07. The Hall–Kier alpha value is -2.77. The van der Waals surface area contributed by atoms with Gasteiger partial charge in [0.25, 0.3) is 10.0 Å². The normalized spacial score (nSPS) is 14.8. The van der Waals surface area contributed by atoms with Crippen LogP contribution in [-0.2, 0) is 16.6 Å². The van der Waals surface area contributed by atoms with Crippen molar-refractivity contribution in [1.82, 2.24) is 9.97 Å². The fourth-order valence-corrected chi connectivity index (χ4v) is 5.73. The third-order valence-electron chi connectivity index (χ3n) is 4.42. The largest absolute Gasteiger partial charge is 0.265 e. The summed E-state index contributed by atoms with van der Waals surface area (Å²) in [6, 6.07) is 16.7. The molecule has 0 saturated heterocycles. The van der Waals surface area contributed by atoms with Crippen LogP contribution in [0.25, 0.3) is 21.5 Å². The van der Waals surface area contributed by atoms with Gasteiger partial charge in [-0.05, 0) is 29.7 Å². The summed E-state index contributed by atoms with van der Waals surface area (Å²) in [6.45, 7) is 0.208. The molecule has 3 heterocycles. The summed E-state index contributed by atoms with van der Waals surface area (Å²) in [5.74, 6) is 0. The van der Waals surface area contributed by atoms with E-state index in [1.807, 2.05) is 47.8 Å². The lowest BCUT2D eigenvalue weighted by molar-refractivity contribution is 0.593. The lowest BCUT2D eigenvalue weighted by Gasteiger charge is -2.17. The molecule has 0 N–H and O–H groups in total. The van der Waals surface area contributed by atoms with Gasteiger partial charge < -0.3 is 0 Å². The summed E-state index contributed by atoms with van der Waals surface area (Å²) in [7, 11) is -3.57. The molecule has 0 spiro atoms. The number of rotatable bonds is 3. The average molecular weight is 379 g/mol. The Morgan fingerprint density at radius 1 is 1.00 bits per heavy atom. The van der Waals surface area contributed by atoms with Crippen molar-refractivity contribution in [1.29, 1.82) is 0 Å². The van der Waals surface area contributed by atoms with Crippen molar-refractivity contribution in [2.24, 2.45) is 0 Å². The highest BCUT2D eigenvalue weighted by atomic mass is 32.2. The Bertz CT molecular complexity index is 1230. The summed E-state index contributed by atoms with van der Waals surface area (Å²) in [5.41, 5.74) is 2.22. The van der Waals surface area contributed by atoms with E-state index in [0.717, 1.165) is 21.5 Å². The molecule has 0 unspecified atom stereocenters. The Morgan fingerprint density at radius 2 is 1.85 bits per heavy atom. The van der Waals surface area contributed by atoms with Crippen molar-refractivity contribution >= 4 is 37.8 Å². The van der Waals surface area contributed by atoms with Crippen LogP contribution in [-0.4, -0.2) is 18.4 Å². The minimum atomic E-state index is -3.57. The fourth-order valence-electron chi connectivity index (χ4n) is 3.26. The van der Waals surface area contributed by atoms with Gasteiger partial charge in [0.1, 0.15) is 5.01 Å². The molecule has 0 saturated carbocycles. The monoisotopic (exact) mass is 379 g/mol. The SMILES string of the molecule is O=S1(=O)c2cccc3cccc(c23)N1Cc1csc(-c2ccccn2)n1. The van der Waals surface area contributed by atoms with Gasteiger partial charge in [-0.1, -0.05) is 30.3 Å². The van der Waals surface area contributed by atoms with Crippen LogP contribution in [0.5, 0.6) is 0 Å². The van der Waals surface area contributed by atoms with Crippen LogP contribution < -0.4 is 4.31 Å². The molecule has 1 aliphatic rings. The molecule has 5 rings (SSSR count). The summed E-state index contributed by atoms with van der Waals surface area (Å²) in [5, 5.41) is 4.39. The molecule has 0 radical (unpaired) electrons. The Labute approximate surface area is 154 Å². The number of thiazole rings is 1. The predicted molar refractivity (Wildman–Crippen MR) is 103 cm³/mol. The van der Waals surface area contributed by atoms with Crippen LogP contribution in [0.15, 0.2) is 71.1 Å². The number of benzene rings is 2. The number of hydrogen-bond donors (Lipinski definition) is 0. The maximum atomic E-state index is 13.0. The van der Waals surface area contributed by atoms with Gasteiger partial charge in [0.05, 0.1) is 28.5 Å². The van der Waals surface area contributed by atoms with Crippen LogP contribution in [0, 0.1) is 0 Å². The molecule has 0 atom stereocenters. The summed E-state index contributed by atoms with van der Waals surface area (Å²) in [4.78, 5) is 9.26. The maximum absolute atomic E-state index is 13.0. The van der Waals surface area contributed by atoms with Crippen molar-refractivity contribution in [3.05, 3.63) is 71.9 Å². The second kappa shape index (κ2) is 5.62. The lowest BCUT2D eigenvalue weighted by Crippen LogP contribution is -2.26. The van der Waals surface area contributed by atoms with E-state index in [1.54, 1.807) is 18.3 Å². The van der Waals surface area contributed by atoms with E-state index in [-0.39, 0.29) is 6.54 Å².